The van der Waals surface area contributed by atoms with E-state index in [-0.39, 0.29) is 0 Å². The first-order chi connectivity index (χ1) is 5.90. The Morgan fingerprint density at radius 3 is 3.25 bits per heavy atom. The van der Waals surface area contributed by atoms with Crippen LogP contribution in [0, 0.1) is 0 Å². The highest BCUT2D eigenvalue weighted by molar-refractivity contribution is 5.39. The standard InChI is InChI=1S/C5H3N7/c6-11-8-4-1-2-5-9-7-3-12(5)10-4/h1-3H. The van der Waals surface area contributed by atoms with Gasteiger partial charge in [0.2, 0.25) is 0 Å². The summed E-state index contributed by atoms with van der Waals surface area (Å²) >= 11 is 0. The normalized spacial score (nSPS) is 9.67. The van der Waals surface area contributed by atoms with Crippen molar-refractivity contribution in [3.8, 4) is 0 Å². The van der Waals surface area contributed by atoms with Crippen molar-refractivity contribution in [1.82, 2.24) is 19.8 Å². The van der Waals surface area contributed by atoms with Gasteiger partial charge in [0.15, 0.2) is 5.65 Å². The fraction of sp³-hybridized carbons (Fsp3) is 0. The van der Waals surface area contributed by atoms with Crippen LogP contribution in [-0.4, -0.2) is 19.8 Å². The van der Waals surface area contributed by atoms with E-state index in [0.717, 1.165) is 0 Å². The third-order valence-electron chi connectivity index (χ3n) is 1.29. The van der Waals surface area contributed by atoms with Crippen molar-refractivity contribution >= 4 is 11.5 Å². The van der Waals surface area contributed by atoms with Crippen LogP contribution in [0.1, 0.15) is 0 Å². The van der Waals surface area contributed by atoms with Crippen LogP contribution in [0.25, 0.3) is 16.1 Å². The Balaban J connectivity index is 2.67. The second-order valence-corrected chi connectivity index (χ2v) is 2.01. The molecule has 2 rings (SSSR count). The highest BCUT2D eigenvalue weighted by atomic mass is 15.4. The summed E-state index contributed by atoms with van der Waals surface area (Å²) in [6.45, 7) is 0. The van der Waals surface area contributed by atoms with E-state index >= 15 is 0 Å². The molecule has 0 amide bonds. The van der Waals surface area contributed by atoms with Gasteiger partial charge in [-0.05, 0) is 22.8 Å². The molecule has 0 atom stereocenters. The molecule has 7 heteroatoms. The molecule has 0 unspecified atom stereocenters. The summed E-state index contributed by atoms with van der Waals surface area (Å²) in [5.41, 5.74) is 8.74. The molecule has 0 fully saturated rings. The number of hydrogen-bond acceptors (Lipinski definition) is 4. The van der Waals surface area contributed by atoms with Gasteiger partial charge in [-0.2, -0.15) is 5.10 Å². The zero-order chi connectivity index (χ0) is 8.39. The number of nitrogens with zero attached hydrogens (tertiary/aromatic N) is 7. The fourth-order valence-corrected chi connectivity index (χ4v) is 0.818. The number of fused-ring (bicyclic) bond motifs is 1. The molecule has 0 bridgehead atoms. The highest BCUT2D eigenvalue weighted by Gasteiger charge is 1.95. The number of hydrogen-bond donors (Lipinski definition) is 0. The summed E-state index contributed by atoms with van der Waals surface area (Å²) in [5.74, 6) is 0.296. The SMILES string of the molecule is [N-]=[N+]=Nc1ccc2nncn2n1. The summed E-state index contributed by atoms with van der Waals surface area (Å²) in [5, 5.41) is 14.6. The van der Waals surface area contributed by atoms with E-state index in [1.54, 1.807) is 12.1 Å². The summed E-state index contributed by atoms with van der Waals surface area (Å²) in [6, 6.07) is 3.24. The average Bonchev–Trinajstić information content (AvgIpc) is 2.51. The molecule has 58 valence electrons. The molecule has 0 radical (unpaired) electrons. The maximum absolute atomic E-state index is 8.12. The molecule has 0 aromatic carbocycles. The predicted octanol–water partition coefficient (Wildman–Crippen LogP) is 1.07. The summed E-state index contributed by atoms with van der Waals surface area (Å²) in [7, 11) is 0. The van der Waals surface area contributed by atoms with E-state index in [2.05, 4.69) is 25.3 Å². The van der Waals surface area contributed by atoms with Crippen LogP contribution in [0.15, 0.2) is 23.6 Å². The lowest BCUT2D eigenvalue weighted by atomic mass is 10.5. The first-order valence-electron chi connectivity index (χ1n) is 3.12. The molecule has 7 nitrogen and oxygen atoms in total. The minimum atomic E-state index is 0.296. The third kappa shape index (κ3) is 0.938. The van der Waals surface area contributed by atoms with Gasteiger partial charge in [-0.3, -0.25) is 0 Å². The Morgan fingerprint density at radius 1 is 1.50 bits per heavy atom. The molecule has 2 heterocycles. The molecule has 0 saturated heterocycles. The Labute approximate surface area is 66.3 Å². The van der Waals surface area contributed by atoms with Gasteiger partial charge in [0.1, 0.15) is 12.1 Å². The second kappa shape index (κ2) is 2.48. The Morgan fingerprint density at radius 2 is 2.42 bits per heavy atom. The van der Waals surface area contributed by atoms with Gasteiger partial charge in [-0.15, -0.1) is 10.2 Å². The Hall–Kier alpha value is -2.14. The largest absolute Gasteiger partial charge is 0.200 e. The maximum Gasteiger partial charge on any atom is 0.177 e. The van der Waals surface area contributed by atoms with Gasteiger partial charge >= 0.3 is 0 Å². The van der Waals surface area contributed by atoms with Gasteiger partial charge in [-0.1, -0.05) is 0 Å². The maximum atomic E-state index is 8.12. The van der Waals surface area contributed by atoms with Gasteiger partial charge < -0.3 is 0 Å². The van der Waals surface area contributed by atoms with Crippen LogP contribution >= 0.6 is 0 Å². The van der Waals surface area contributed by atoms with E-state index in [1.165, 1.54) is 10.8 Å². The molecule has 0 aliphatic rings. The van der Waals surface area contributed by atoms with Gasteiger partial charge in [0, 0.05) is 4.91 Å². The van der Waals surface area contributed by atoms with Gasteiger partial charge in [-0.25, -0.2) is 4.52 Å². The van der Waals surface area contributed by atoms with E-state index in [4.69, 9.17) is 5.53 Å². The quantitative estimate of drug-likeness (QED) is 0.355. The topological polar surface area (TPSA) is 91.8 Å². The van der Waals surface area contributed by atoms with Crippen LogP contribution in [0.3, 0.4) is 0 Å². The van der Waals surface area contributed by atoms with Gasteiger partial charge in [0.05, 0.1) is 0 Å². The van der Waals surface area contributed by atoms with Crippen LogP contribution in [-0.2, 0) is 0 Å². The number of aromatic nitrogens is 4. The first kappa shape index (κ1) is 6.56. The molecular formula is C5H3N7. The fourth-order valence-electron chi connectivity index (χ4n) is 0.818. The zero-order valence-corrected chi connectivity index (χ0v) is 5.86. The number of rotatable bonds is 1. The molecule has 0 aliphatic carbocycles. The monoisotopic (exact) mass is 161 g/mol. The van der Waals surface area contributed by atoms with Crippen LogP contribution < -0.4 is 0 Å². The van der Waals surface area contributed by atoms with Crippen LogP contribution in [0.5, 0.6) is 0 Å². The lowest BCUT2D eigenvalue weighted by molar-refractivity contribution is 0.923. The van der Waals surface area contributed by atoms with Crippen molar-refractivity contribution in [3.63, 3.8) is 0 Å². The molecule has 0 aliphatic heterocycles. The molecule has 12 heavy (non-hydrogen) atoms. The molecule has 2 aromatic heterocycles. The van der Waals surface area contributed by atoms with Crippen molar-refractivity contribution in [2.75, 3.05) is 0 Å². The lowest BCUT2D eigenvalue weighted by Gasteiger charge is -1.90. The van der Waals surface area contributed by atoms with E-state index in [9.17, 15) is 0 Å². The highest BCUT2D eigenvalue weighted by Crippen LogP contribution is 2.07. The van der Waals surface area contributed by atoms with Crippen molar-refractivity contribution in [1.29, 1.82) is 0 Å². The zero-order valence-electron chi connectivity index (χ0n) is 5.86. The summed E-state index contributed by atoms with van der Waals surface area (Å²) in [4.78, 5) is 2.61. The molecule has 0 saturated carbocycles. The average molecular weight is 161 g/mol. The van der Waals surface area contributed by atoms with E-state index in [0.29, 0.717) is 11.5 Å². The van der Waals surface area contributed by atoms with Crippen molar-refractivity contribution in [2.45, 2.75) is 0 Å². The first-order valence-corrected chi connectivity index (χ1v) is 3.12. The van der Waals surface area contributed by atoms with Crippen molar-refractivity contribution < 1.29 is 0 Å². The summed E-state index contributed by atoms with van der Waals surface area (Å²) in [6.07, 6.45) is 1.44. The van der Waals surface area contributed by atoms with Gasteiger partial charge in [0.25, 0.3) is 0 Å². The lowest BCUT2D eigenvalue weighted by Crippen LogP contribution is -1.87. The number of azide groups is 1. The van der Waals surface area contributed by atoms with Crippen LogP contribution in [0.2, 0.25) is 0 Å². The van der Waals surface area contributed by atoms with E-state index in [1.807, 2.05) is 0 Å². The third-order valence-corrected chi connectivity index (χ3v) is 1.29. The molecule has 0 spiro atoms. The van der Waals surface area contributed by atoms with Crippen molar-refractivity contribution in [3.05, 3.63) is 28.9 Å². The van der Waals surface area contributed by atoms with Crippen LogP contribution in [0.4, 0.5) is 5.82 Å². The van der Waals surface area contributed by atoms with Crippen molar-refractivity contribution in [2.24, 2.45) is 5.11 Å². The van der Waals surface area contributed by atoms with E-state index < -0.39 is 0 Å². The predicted molar refractivity (Wildman–Crippen MR) is 39.6 cm³/mol. The smallest absolute Gasteiger partial charge is 0.177 e. The molecule has 0 N–H and O–H groups in total. The Kier molecular flexibility index (Phi) is 1.36. The molecule has 2 aromatic rings. The second-order valence-electron chi connectivity index (χ2n) is 2.01. The minimum Gasteiger partial charge on any atom is -0.200 e. The minimum absolute atomic E-state index is 0.296. The molecular weight excluding hydrogens is 158 g/mol. The Bertz CT molecular complexity index is 452. The summed E-state index contributed by atoms with van der Waals surface area (Å²) < 4.78 is 1.43.